The van der Waals surface area contributed by atoms with Crippen molar-refractivity contribution >= 4 is 27.7 Å². The first kappa shape index (κ1) is 18.1. The van der Waals surface area contributed by atoms with Crippen molar-refractivity contribution in [3.63, 3.8) is 0 Å². The molecule has 128 valence electrons. The molecule has 0 aliphatic carbocycles. The number of rotatable bonds is 6. The predicted molar refractivity (Wildman–Crippen MR) is 97.7 cm³/mol. The van der Waals surface area contributed by atoms with E-state index in [1.807, 2.05) is 13.8 Å². The molecule has 23 heavy (non-hydrogen) atoms. The van der Waals surface area contributed by atoms with Gasteiger partial charge < -0.3 is 15.4 Å². The van der Waals surface area contributed by atoms with Gasteiger partial charge in [-0.3, -0.25) is 0 Å². The molecule has 0 radical (unpaired) electrons. The summed E-state index contributed by atoms with van der Waals surface area (Å²) in [5.41, 5.74) is 5.96. The lowest BCUT2D eigenvalue weighted by molar-refractivity contribution is 0.0362. The summed E-state index contributed by atoms with van der Waals surface area (Å²) >= 11 is 3.48. The van der Waals surface area contributed by atoms with Crippen LogP contribution in [0.3, 0.4) is 0 Å². The normalized spacial score (nSPS) is 16.4. The van der Waals surface area contributed by atoms with Gasteiger partial charge in [0.1, 0.15) is 5.60 Å². The van der Waals surface area contributed by atoms with Crippen LogP contribution in [0.1, 0.15) is 46.0 Å². The Kier molecular flexibility index (Phi) is 6.33. The van der Waals surface area contributed by atoms with Gasteiger partial charge >= 0.3 is 6.09 Å². The topological polar surface area (TPSA) is 55.6 Å². The summed E-state index contributed by atoms with van der Waals surface area (Å²) in [7, 11) is 0. The fourth-order valence-electron chi connectivity index (χ4n) is 3.27. The van der Waals surface area contributed by atoms with Crippen LogP contribution in [0.15, 0.2) is 28.7 Å². The molecular weight excluding hydrogens is 356 g/mol. The third-order valence-corrected chi connectivity index (χ3v) is 5.10. The number of hydrogen-bond donors (Lipinski definition) is 1. The van der Waals surface area contributed by atoms with E-state index in [2.05, 4.69) is 45.1 Å². The van der Waals surface area contributed by atoms with Crippen molar-refractivity contribution < 1.29 is 9.53 Å². The van der Waals surface area contributed by atoms with Crippen LogP contribution in [0.25, 0.3) is 0 Å². The fraction of sp³-hybridized carbons (Fsp3) is 0.611. The van der Waals surface area contributed by atoms with Crippen molar-refractivity contribution in [3.05, 3.63) is 28.7 Å². The van der Waals surface area contributed by atoms with Crippen LogP contribution in [0.2, 0.25) is 0 Å². The highest BCUT2D eigenvalue weighted by molar-refractivity contribution is 9.10. The third-order valence-electron chi connectivity index (χ3n) is 4.57. The van der Waals surface area contributed by atoms with E-state index >= 15 is 0 Å². The van der Waals surface area contributed by atoms with E-state index in [0.717, 1.165) is 36.3 Å². The van der Waals surface area contributed by atoms with Crippen molar-refractivity contribution in [2.75, 3.05) is 18.0 Å². The van der Waals surface area contributed by atoms with Gasteiger partial charge in [-0.25, -0.2) is 4.79 Å². The SMILES string of the molecule is CC(C)(CCCC1CCN(c2ccc(Br)cc2)CC1)OC(N)=O. The average Bonchev–Trinajstić information content (AvgIpc) is 2.47. The van der Waals surface area contributed by atoms with E-state index in [1.54, 1.807) is 0 Å². The Morgan fingerprint density at radius 2 is 1.91 bits per heavy atom. The molecule has 0 atom stereocenters. The maximum Gasteiger partial charge on any atom is 0.405 e. The molecule has 0 aromatic heterocycles. The summed E-state index contributed by atoms with van der Waals surface area (Å²) in [6.45, 7) is 6.09. The first-order valence-electron chi connectivity index (χ1n) is 8.35. The average molecular weight is 383 g/mol. The smallest absolute Gasteiger partial charge is 0.405 e. The molecule has 2 N–H and O–H groups in total. The summed E-state index contributed by atoms with van der Waals surface area (Å²) in [4.78, 5) is 13.3. The van der Waals surface area contributed by atoms with Gasteiger partial charge in [0.25, 0.3) is 0 Å². The number of amides is 1. The fourth-order valence-corrected chi connectivity index (χ4v) is 3.54. The lowest BCUT2D eigenvalue weighted by Crippen LogP contribution is -2.34. The lowest BCUT2D eigenvalue weighted by Gasteiger charge is -2.34. The number of anilines is 1. The van der Waals surface area contributed by atoms with Crippen LogP contribution in [-0.2, 0) is 4.74 Å². The highest BCUT2D eigenvalue weighted by atomic mass is 79.9. The molecule has 1 heterocycles. The molecule has 0 spiro atoms. The second-order valence-corrected chi connectivity index (χ2v) is 7.90. The van der Waals surface area contributed by atoms with E-state index in [4.69, 9.17) is 10.5 Å². The molecule has 1 aromatic rings. The van der Waals surface area contributed by atoms with Gasteiger partial charge in [0.15, 0.2) is 0 Å². The maximum atomic E-state index is 10.9. The lowest BCUT2D eigenvalue weighted by atomic mass is 9.89. The second-order valence-electron chi connectivity index (χ2n) is 6.98. The molecule has 1 aromatic carbocycles. The zero-order chi connectivity index (χ0) is 16.9. The first-order chi connectivity index (χ1) is 10.9. The van der Waals surface area contributed by atoms with Crippen LogP contribution in [0, 0.1) is 5.92 Å². The zero-order valence-electron chi connectivity index (χ0n) is 14.1. The van der Waals surface area contributed by atoms with Crippen LogP contribution in [0.5, 0.6) is 0 Å². The van der Waals surface area contributed by atoms with Gasteiger partial charge in [-0.1, -0.05) is 22.4 Å². The summed E-state index contributed by atoms with van der Waals surface area (Å²) < 4.78 is 6.26. The molecule has 1 amide bonds. The number of halogens is 1. The van der Waals surface area contributed by atoms with E-state index < -0.39 is 11.7 Å². The number of carbonyl (C=O) groups excluding carboxylic acids is 1. The summed E-state index contributed by atoms with van der Waals surface area (Å²) in [5.74, 6) is 0.770. The largest absolute Gasteiger partial charge is 0.444 e. The van der Waals surface area contributed by atoms with Crippen LogP contribution in [-0.4, -0.2) is 24.8 Å². The first-order valence-corrected chi connectivity index (χ1v) is 9.14. The number of carbonyl (C=O) groups is 1. The van der Waals surface area contributed by atoms with Crippen molar-refractivity contribution in [2.45, 2.75) is 51.6 Å². The Hall–Kier alpha value is -1.23. The number of primary amides is 1. The molecule has 0 bridgehead atoms. The van der Waals surface area contributed by atoms with Gasteiger partial charge in [0.05, 0.1) is 0 Å². The van der Waals surface area contributed by atoms with E-state index in [0.29, 0.717) is 0 Å². The molecule has 0 unspecified atom stereocenters. The highest BCUT2D eigenvalue weighted by Crippen LogP contribution is 2.28. The molecule has 2 rings (SSSR count). The number of nitrogens with zero attached hydrogens (tertiary/aromatic N) is 1. The Bertz CT molecular complexity index is 508. The van der Waals surface area contributed by atoms with Crippen molar-refractivity contribution in [1.29, 1.82) is 0 Å². The van der Waals surface area contributed by atoms with Crippen molar-refractivity contribution in [2.24, 2.45) is 11.7 Å². The van der Waals surface area contributed by atoms with Gasteiger partial charge in [0, 0.05) is 23.2 Å². The number of nitrogens with two attached hydrogens (primary N) is 1. The van der Waals surface area contributed by atoms with Gasteiger partial charge in [-0.05, 0) is 69.7 Å². The number of ether oxygens (including phenoxy) is 1. The zero-order valence-corrected chi connectivity index (χ0v) is 15.6. The van der Waals surface area contributed by atoms with Gasteiger partial charge in [-0.15, -0.1) is 0 Å². The Balaban J connectivity index is 1.70. The Morgan fingerprint density at radius 1 is 1.30 bits per heavy atom. The number of benzene rings is 1. The van der Waals surface area contributed by atoms with E-state index in [-0.39, 0.29) is 0 Å². The highest BCUT2D eigenvalue weighted by Gasteiger charge is 2.23. The second kappa shape index (κ2) is 8.04. The van der Waals surface area contributed by atoms with Crippen LogP contribution < -0.4 is 10.6 Å². The van der Waals surface area contributed by atoms with Crippen LogP contribution in [0.4, 0.5) is 10.5 Å². The summed E-state index contributed by atoms with van der Waals surface area (Å²) in [5, 5.41) is 0. The minimum atomic E-state index is -0.683. The molecule has 1 fully saturated rings. The minimum absolute atomic E-state index is 0.454. The van der Waals surface area contributed by atoms with E-state index in [1.165, 1.54) is 24.9 Å². The maximum absolute atomic E-state index is 10.9. The quantitative estimate of drug-likeness (QED) is 0.774. The monoisotopic (exact) mass is 382 g/mol. The number of piperidine rings is 1. The number of hydrogen-bond acceptors (Lipinski definition) is 3. The molecule has 1 aliphatic rings. The molecular formula is C18H27BrN2O2. The molecule has 5 heteroatoms. The van der Waals surface area contributed by atoms with Crippen molar-refractivity contribution in [1.82, 2.24) is 0 Å². The predicted octanol–water partition coefficient (Wildman–Crippen LogP) is 4.71. The van der Waals surface area contributed by atoms with E-state index in [9.17, 15) is 4.79 Å². The van der Waals surface area contributed by atoms with Gasteiger partial charge in [0.2, 0.25) is 0 Å². The molecule has 4 nitrogen and oxygen atoms in total. The Morgan fingerprint density at radius 3 is 2.48 bits per heavy atom. The van der Waals surface area contributed by atoms with Gasteiger partial charge in [-0.2, -0.15) is 0 Å². The standard InChI is InChI=1S/C18H27BrN2O2/c1-18(2,23-17(20)22)11-3-4-14-9-12-21(13-10-14)16-7-5-15(19)6-8-16/h5-8,14H,3-4,9-13H2,1-2H3,(H2,20,22). The molecule has 1 aliphatic heterocycles. The molecule has 1 saturated heterocycles. The Labute approximate surface area is 147 Å². The third kappa shape index (κ3) is 6.05. The molecule has 0 saturated carbocycles. The van der Waals surface area contributed by atoms with Crippen LogP contribution >= 0.6 is 15.9 Å². The summed E-state index contributed by atoms with van der Waals surface area (Å²) in [6, 6.07) is 8.55. The van der Waals surface area contributed by atoms with Crippen molar-refractivity contribution in [3.8, 4) is 0 Å². The minimum Gasteiger partial charge on any atom is -0.444 e. The summed E-state index contributed by atoms with van der Waals surface area (Å²) in [6.07, 6.45) is 4.91.